The summed E-state index contributed by atoms with van der Waals surface area (Å²) in [6.45, 7) is -0.254. The zero-order valence-electron chi connectivity index (χ0n) is 8.58. The number of rotatable bonds is 4. The van der Waals surface area contributed by atoms with E-state index < -0.39 is 30.9 Å². The van der Waals surface area contributed by atoms with Crippen LogP contribution in [-0.4, -0.2) is 42.5 Å². The van der Waals surface area contributed by atoms with E-state index in [4.69, 9.17) is 5.11 Å². The molecule has 2 amide bonds. The third-order valence-corrected chi connectivity index (χ3v) is 2.41. The third-order valence-electron chi connectivity index (χ3n) is 2.41. The standard InChI is InChI=1S/C9H14F2N2O3/c10-8(11)6(14)4-13-9(16)5-1-2-7(15)12-3-5/h5-6,8,14H,1-4H2,(H,12,15)(H,13,16). The van der Waals surface area contributed by atoms with Gasteiger partial charge in [0.2, 0.25) is 11.8 Å². The van der Waals surface area contributed by atoms with E-state index in [0.717, 1.165) is 0 Å². The van der Waals surface area contributed by atoms with Gasteiger partial charge in [0, 0.05) is 19.5 Å². The van der Waals surface area contributed by atoms with Crippen LogP contribution in [0.5, 0.6) is 0 Å². The normalized spacial score (nSPS) is 22.8. The molecule has 2 unspecified atom stereocenters. The highest BCUT2D eigenvalue weighted by Gasteiger charge is 2.25. The van der Waals surface area contributed by atoms with E-state index in [2.05, 4.69) is 10.6 Å². The second-order valence-electron chi connectivity index (χ2n) is 3.69. The third kappa shape index (κ3) is 3.73. The molecule has 0 spiro atoms. The van der Waals surface area contributed by atoms with Crippen molar-refractivity contribution in [1.29, 1.82) is 0 Å². The van der Waals surface area contributed by atoms with E-state index in [9.17, 15) is 18.4 Å². The van der Waals surface area contributed by atoms with Gasteiger partial charge in [-0.25, -0.2) is 8.78 Å². The SMILES string of the molecule is O=C1CCC(C(=O)NCC(O)C(F)F)CN1. The van der Waals surface area contributed by atoms with Gasteiger partial charge in [0.15, 0.2) is 0 Å². The van der Waals surface area contributed by atoms with E-state index in [0.29, 0.717) is 6.42 Å². The molecule has 0 aromatic carbocycles. The van der Waals surface area contributed by atoms with Gasteiger partial charge < -0.3 is 15.7 Å². The summed E-state index contributed by atoms with van der Waals surface area (Å²) in [4.78, 5) is 22.2. The molecule has 0 aromatic heterocycles. The van der Waals surface area contributed by atoms with Gasteiger partial charge in [-0.05, 0) is 6.42 Å². The number of aliphatic hydroxyl groups is 1. The molecule has 1 fully saturated rings. The minimum absolute atomic E-state index is 0.114. The first-order valence-corrected chi connectivity index (χ1v) is 5.01. The Balaban J connectivity index is 2.27. The monoisotopic (exact) mass is 236 g/mol. The van der Waals surface area contributed by atoms with Crippen molar-refractivity contribution in [3.05, 3.63) is 0 Å². The fraction of sp³-hybridized carbons (Fsp3) is 0.778. The summed E-state index contributed by atoms with van der Waals surface area (Å²) in [7, 11) is 0. The Labute approximate surface area is 91.2 Å². The van der Waals surface area contributed by atoms with Gasteiger partial charge >= 0.3 is 0 Å². The summed E-state index contributed by atoms with van der Waals surface area (Å²) < 4.78 is 23.8. The summed E-state index contributed by atoms with van der Waals surface area (Å²) in [6, 6.07) is 0. The van der Waals surface area contributed by atoms with Crippen molar-refractivity contribution >= 4 is 11.8 Å². The number of hydrogen-bond acceptors (Lipinski definition) is 3. The lowest BCUT2D eigenvalue weighted by Crippen LogP contribution is -2.45. The molecule has 1 aliphatic rings. The zero-order valence-corrected chi connectivity index (χ0v) is 8.58. The van der Waals surface area contributed by atoms with Gasteiger partial charge in [-0.2, -0.15) is 0 Å². The van der Waals surface area contributed by atoms with Crippen LogP contribution >= 0.6 is 0 Å². The van der Waals surface area contributed by atoms with E-state index in [1.807, 2.05) is 0 Å². The molecule has 1 saturated heterocycles. The smallest absolute Gasteiger partial charge is 0.265 e. The predicted molar refractivity (Wildman–Crippen MR) is 50.8 cm³/mol. The number of aliphatic hydroxyl groups excluding tert-OH is 1. The van der Waals surface area contributed by atoms with Crippen LogP contribution in [0.4, 0.5) is 8.78 Å². The van der Waals surface area contributed by atoms with Crippen molar-refractivity contribution < 1.29 is 23.5 Å². The number of carbonyl (C=O) groups excluding carboxylic acids is 2. The summed E-state index contributed by atoms with van der Waals surface area (Å²) in [5.74, 6) is -0.932. The van der Waals surface area contributed by atoms with E-state index in [1.54, 1.807) is 0 Å². The Bertz CT molecular complexity index is 263. The van der Waals surface area contributed by atoms with Crippen molar-refractivity contribution in [1.82, 2.24) is 10.6 Å². The van der Waals surface area contributed by atoms with Crippen LogP contribution in [0.3, 0.4) is 0 Å². The maximum Gasteiger partial charge on any atom is 0.265 e. The van der Waals surface area contributed by atoms with Crippen LogP contribution in [0.2, 0.25) is 0 Å². The number of carbonyl (C=O) groups is 2. The van der Waals surface area contributed by atoms with Crippen LogP contribution in [0.25, 0.3) is 0 Å². The van der Waals surface area contributed by atoms with E-state index in [1.165, 1.54) is 0 Å². The minimum Gasteiger partial charge on any atom is -0.385 e. The molecule has 5 nitrogen and oxygen atoms in total. The molecular formula is C9H14F2N2O3. The van der Waals surface area contributed by atoms with Crippen molar-refractivity contribution in [2.24, 2.45) is 5.92 Å². The maximum atomic E-state index is 11.9. The molecule has 2 atom stereocenters. The maximum absolute atomic E-state index is 11.9. The van der Waals surface area contributed by atoms with Crippen LogP contribution in [-0.2, 0) is 9.59 Å². The fourth-order valence-corrected chi connectivity index (χ4v) is 1.40. The number of halogens is 2. The first-order chi connectivity index (χ1) is 7.50. The Morgan fingerprint density at radius 1 is 1.62 bits per heavy atom. The zero-order chi connectivity index (χ0) is 12.1. The van der Waals surface area contributed by atoms with Gasteiger partial charge in [-0.1, -0.05) is 0 Å². The number of piperidine rings is 1. The Morgan fingerprint density at radius 2 is 2.31 bits per heavy atom. The highest BCUT2D eigenvalue weighted by Crippen LogP contribution is 2.10. The average Bonchev–Trinajstić information content (AvgIpc) is 2.26. The highest BCUT2D eigenvalue weighted by atomic mass is 19.3. The van der Waals surface area contributed by atoms with Gasteiger partial charge in [0.1, 0.15) is 6.10 Å². The second-order valence-corrected chi connectivity index (χ2v) is 3.69. The Morgan fingerprint density at radius 3 is 2.81 bits per heavy atom. The lowest BCUT2D eigenvalue weighted by atomic mass is 9.98. The van der Waals surface area contributed by atoms with E-state index >= 15 is 0 Å². The molecule has 1 rings (SSSR count). The van der Waals surface area contributed by atoms with Gasteiger partial charge in [0.25, 0.3) is 6.43 Å². The highest BCUT2D eigenvalue weighted by molar-refractivity contribution is 5.83. The van der Waals surface area contributed by atoms with Crippen LogP contribution in [0, 0.1) is 5.92 Å². The lowest BCUT2D eigenvalue weighted by Gasteiger charge is -2.22. The van der Waals surface area contributed by atoms with Crippen LogP contribution in [0.15, 0.2) is 0 Å². The summed E-state index contributed by atoms with van der Waals surface area (Å²) in [5, 5.41) is 13.5. The van der Waals surface area contributed by atoms with Gasteiger partial charge in [0.05, 0.1) is 5.92 Å². The first kappa shape index (κ1) is 12.8. The number of nitrogens with one attached hydrogen (secondary N) is 2. The molecule has 0 aliphatic carbocycles. The molecule has 7 heteroatoms. The molecule has 16 heavy (non-hydrogen) atoms. The second kappa shape index (κ2) is 5.74. The Kier molecular flexibility index (Phi) is 4.60. The quantitative estimate of drug-likeness (QED) is 0.601. The number of alkyl halides is 2. The summed E-state index contributed by atoms with van der Waals surface area (Å²) in [6.07, 6.45) is -4.05. The van der Waals surface area contributed by atoms with Gasteiger partial charge in [-0.3, -0.25) is 9.59 Å². The molecular weight excluding hydrogens is 222 g/mol. The molecule has 0 saturated carbocycles. The van der Waals surface area contributed by atoms with Crippen LogP contribution < -0.4 is 10.6 Å². The average molecular weight is 236 g/mol. The number of hydrogen-bond donors (Lipinski definition) is 3. The van der Waals surface area contributed by atoms with Gasteiger partial charge in [-0.15, -0.1) is 0 Å². The molecule has 1 heterocycles. The number of amides is 2. The largest absolute Gasteiger partial charge is 0.385 e. The van der Waals surface area contributed by atoms with Crippen molar-refractivity contribution in [2.45, 2.75) is 25.4 Å². The molecule has 0 bridgehead atoms. The Hall–Kier alpha value is -1.24. The first-order valence-electron chi connectivity index (χ1n) is 5.01. The van der Waals surface area contributed by atoms with Crippen molar-refractivity contribution in [3.8, 4) is 0 Å². The summed E-state index contributed by atoms with van der Waals surface area (Å²) >= 11 is 0. The van der Waals surface area contributed by atoms with Crippen molar-refractivity contribution in [3.63, 3.8) is 0 Å². The van der Waals surface area contributed by atoms with Crippen LogP contribution in [0.1, 0.15) is 12.8 Å². The van der Waals surface area contributed by atoms with E-state index in [-0.39, 0.29) is 18.9 Å². The topological polar surface area (TPSA) is 78.4 Å². The summed E-state index contributed by atoms with van der Waals surface area (Å²) in [5.41, 5.74) is 0. The fourth-order valence-electron chi connectivity index (χ4n) is 1.40. The lowest BCUT2D eigenvalue weighted by molar-refractivity contribution is -0.129. The molecule has 92 valence electrons. The van der Waals surface area contributed by atoms with Crippen molar-refractivity contribution in [2.75, 3.05) is 13.1 Å². The molecule has 3 N–H and O–H groups in total. The molecule has 0 aromatic rings. The predicted octanol–water partition coefficient (Wildman–Crippen LogP) is -0.745. The molecule has 0 radical (unpaired) electrons. The molecule has 1 aliphatic heterocycles. The minimum atomic E-state index is -2.87.